The molecule has 94 valence electrons. The van der Waals surface area contributed by atoms with Crippen LogP contribution in [0.25, 0.3) is 0 Å². The molecule has 1 nitrogen and oxygen atoms in total. The predicted octanol–water partition coefficient (Wildman–Crippen LogP) is 4.45. The third-order valence-electron chi connectivity index (χ3n) is 2.96. The summed E-state index contributed by atoms with van der Waals surface area (Å²) in [7, 11) is 2.00. The van der Waals surface area contributed by atoms with Gasteiger partial charge >= 0.3 is 0 Å². The molecule has 0 saturated carbocycles. The second kappa shape index (κ2) is 6.55. The van der Waals surface area contributed by atoms with E-state index < -0.39 is 0 Å². The lowest BCUT2D eigenvalue weighted by Crippen LogP contribution is -2.19. The lowest BCUT2D eigenvalue weighted by Gasteiger charge is -2.18. The van der Waals surface area contributed by atoms with Crippen LogP contribution in [0.4, 0.5) is 0 Å². The van der Waals surface area contributed by atoms with Crippen molar-refractivity contribution in [2.45, 2.75) is 12.5 Å². The summed E-state index contributed by atoms with van der Waals surface area (Å²) < 4.78 is 1.29. The monoisotopic (exact) mass is 371 g/mol. The average Bonchev–Trinajstić information content (AvgIpc) is 2.37. The average molecular weight is 372 g/mol. The SMILES string of the molecule is CNC(Cc1cccc(Cl)c1)c1ccccc1I. The molecule has 0 aliphatic rings. The van der Waals surface area contributed by atoms with Gasteiger partial charge in [0.25, 0.3) is 0 Å². The van der Waals surface area contributed by atoms with Gasteiger partial charge in [-0.25, -0.2) is 0 Å². The summed E-state index contributed by atoms with van der Waals surface area (Å²) in [6.07, 6.45) is 0.942. The molecule has 0 aliphatic heterocycles. The smallest absolute Gasteiger partial charge is 0.0408 e. The molecule has 2 aromatic carbocycles. The van der Waals surface area contributed by atoms with Crippen molar-refractivity contribution in [3.05, 3.63) is 68.3 Å². The van der Waals surface area contributed by atoms with E-state index in [-0.39, 0.29) is 0 Å². The van der Waals surface area contributed by atoms with Crippen LogP contribution in [0.5, 0.6) is 0 Å². The van der Waals surface area contributed by atoms with E-state index in [2.05, 4.69) is 58.2 Å². The quantitative estimate of drug-likeness (QED) is 0.783. The first kappa shape index (κ1) is 13.8. The highest BCUT2D eigenvalue weighted by Crippen LogP contribution is 2.24. The van der Waals surface area contributed by atoms with E-state index in [1.165, 1.54) is 14.7 Å². The molecule has 0 aliphatic carbocycles. The molecule has 1 unspecified atom stereocenters. The normalized spacial score (nSPS) is 12.4. The summed E-state index contributed by atoms with van der Waals surface area (Å²) in [6, 6.07) is 16.8. The molecular formula is C15H15ClIN. The maximum Gasteiger partial charge on any atom is 0.0408 e. The Labute approximate surface area is 127 Å². The van der Waals surface area contributed by atoms with Crippen LogP contribution in [0.2, 0.25) is 5.02 Å². The second-order valence-corrected chi connectivity index (χ2v) is 5.80. The van der Waals surface area contributed by atoms with Crippen LogP contribution >= 0.6 is 34.2 Å². The number of likely N-dealkylation sites (N-methyl/N-ethyl adjacent to an activating group) is 1. The number of halogens is 2. The highest BCUT2D eigenvalue weighted by atomic mass is 127. The molecular weight excluding hydrogens is 357 g/mol. The van der Waals surface area contributed by atoms with Gasteiger partial charge in [0.1, 0.15) is 0 Å². The van der Waals surface area contributed by atoms with Crippen molar-refractivity contribution in [2.75, 3.05) is 7.05 Å². The van der Waals surface area contributed by atoms with Crippen molar-refractivity contribution in [3.8, 4) is 0 Å². The third-order valence-corrected chi connectivity index (χ3v) is 4.18. The maximum absolute atomic E-state index is 6.03. The first-order chi connectivity index (χ1) is 8.70. The van der Waals surface area contributed by atoms with Crippen molar-refractivity contribution in [2.24, 2.45) is 0 Å². The summed E-state index contributed by atoms with van der Waals surface area (Å²) in [5, 5.41) is 4.18. The van der Waals surface area contributed by atoms with Gasteiger partial charge in [0, 0.05) is 14.6 Å². The molecule has 0 bridgehead atoms. The molecule has 1 N–H and O–H groups in total. The van der Waals surface area contributed by atoms with Gasteiger partial charge in [0.05, 0.1) is 0 Å². The van der Waals surface area contributed by atoms with Gasteiger partial charge in [-0.05, 0) is 65.4 Å². The molecule has 0 amide bonds. The summed E-state index contributed by atoms with van der Waals surface area (Å²) >= 11 is 8.41. The molecule has 0 saturated heterocycles. The zero-order chi connectivity index (χ0) is 13.0. The van der Waals surface area contributed by atoms with E-state index in [1.54, 1.807) is 0 Å². The molecule has 0 radical (unpaired) electrons. The molecule has 1 atom stereocenters. The van der Waals surface area contributed by atoms with Crippen molar-refractivity contribution in [3.63, 3.8) is 0 Å². The Morgan fingerprint density at radius 1 is 1.17 bits per heavy atom. The lowest BCUT2D eigenvalue weighted by atomic mass is 9.99. The number of nitrogens with one attached hydrogen (secondary N) is 1. The Hall–Kier alpha value is -0.580. The summed E-state index contributed by atoms with van der Waals surface area (Å²) in [5.41, 5.74) is 2.59. The summed E-state index contributed by atoms with van der Waals surface area (Å²) in [6.45, 7) is 0. The standard InChI is InChI=1S/C15H15ClIN/c1-18-15(13-7-2-3-8-14(13)17)10-11-5-4-6-12(16)9-11/h2-9,15,18H,10H2,1H3. The van der Waals surface area contributed by atoms with Crippen molar-refractivity contribution in [1.29, 1.82) is 0 Å². The molecule has 18 heavy (non-hydrogen) atoms. The second-order valence-electron chi connectivity index (χ2n) is 4.20. The maximum atomic E-state index is 6.03. The van der Waals surface area contributed by atoms with Crippen LogP contribution in [-0.2, 0) is 6.42 Å². The zero-order valence-corrected chi connectivity index (χ0v) is 13.1. The van der Waals surface area contributed by atoms with Crippen LogP contribution in [0.1, 0.15) is 17.2 Å². The Bertz CT molecular complexity index is 527. The molecule has 0 fully saturated rings. The predicted molar refractivity (Wildman–Crippen MR) is 86.1 cm³/mol. The molecule has 0 aromatic heterocycles. The lowest BCUT2D eigenvalue weighted by molar-refractivity contribution is 0.589. The van der Waals surface area contributed by atoms with Crippen LogP contribution < -0.4 is 5.32 Å². The van der Waals surface area contributed by atoms with Gasteiger partial charge in [-0.1, -0.05) is 41.9 Å². The fourth-order valence-corrected chi connectivity index (χ4v) is 3.00. The van der Waals surface area contributed by atoms with E-state index in [0.29, 0.717) is 6.04 Å². The van der Waals surface area contributed by atoms with Crippen molar-refractivity contribution >= 4 is 34.2 Å². The van der Waals surface area contributed by atoms with E-state index in [0.717, 1.165) is 11.4 Å². The highest BCUT2D eigenvalue weighted by Gasteiger charge is 2.12. The van der Waals surface area contributed by atoms with E-state index in [1.807, 2.05) is 25.2 Å². The largest absolute Gasteiger partial charge is 0.313 e. The van der Waals surface area contributed by atoms with Gasteiger partial charge in [0.15, 0.2) is 0 Å². The molecule has 2 rings (SSSR count). The van der Waals surface area contributed by atoms with Crippen LogP contribution in [0, 0.1) is 3.57 Å². The summed E-state index contributed by atoms with van der Waals surface area (Å²) in [4.78, 5) is 0. The van der Waals surface area contributed by atoms with Crippen LogP contribution in [-0.4, -0.2) is 7.05 Å². The number of rotatable bonds is 4. The number of hydrogen-bond donors (Lipinski definition) is 1. The van der Waals surface area contributed by atoms with Gasteiger partial charge in [-0.3, -0.25) is 0 Å². The highest BCUT2D eigenvalue weighted by molar-refractivity contribution is 14.1. The zero-order valence-electron chi connectivity index (χ0n) is 10.2. The van der Waals surface area contributed by atoms with Gasteiger partial charge in [-0.15, -0.1) is 0 Å². The minimum absolute atomic E-state index is 0.316. The Kier molecular flexibility index (Phi) is 5.03. The fourth-order valence-electron chi connectivity index (χ4n) is 2.02. The first-order valence-corrected chi connectivity index (χ1v) is 7.32. The number of hydrogen-bond acceptors (Lipinski definition) is 1. The van der Waals surface area contributed by atoms with Gasteiger partial charge in [0.2, 0.25) is 0 Å². The van der Waals surface area contributed by atoms with E-state index >= 15 is 0 Å². The topological polar surface area (TPSA) is 12.0 Å². The van der Waals surface area contributed by atoms with Crippen molar-refractivity contribution < 1.29 is 0 Å². The van der Waals surface area contributed by atoms with E-state index in [4.69, 9.17) is 11.6 Å². The van der Waals surface area contributed by atoms with E-state index in [9.17, 15) is 0 Å². The van der Waals surface area contributed by atoms with Crippen molar-refractivity contribution in [1.82, 2.24) is 5.32 Å². The van der Waals surface area contributed by atoms with Crippen LogP contribution in [0.3, 0.4) is 0 Å². The Balaban J connectivity index is 2.23. The van der Waals surface area contributed by atoms with Gasteiger partial charge < -0.3 is 5.32 Å². The molecule has 3 heteroatoms. The summed E-state index contributed by atoms with van der Waals surface area (Å²) in [5.74, 6) is 0. The number of benzene rings is 2. The minimum Gasteiger partial charge on any atom is -0.313 e. The van der Waals surface area contributed by atoms with Gasteiger partial charge in [-0.2, -0.15) is 0 Å². The molecule has 0 heterocycles. The fraction of sp³-hybridized carbons (Fsp3) is 0.200. The van der Waals surface area contributed by atoms with Crippen LogP contribution in [0.15, 0.2) is 48.5 Å². The molecule has 2 aromatic rings. The Morgan fingerprint density at radius 3 is 2.61 bits per heavy atom. The third kappa shape index (κ3) is 3.46. The Morgan fingerprint density at radius 2 is 1.94 bits per heavy atom. The minimum atomic E-state index is 0.316. The first-order valence-electron chi connectivity index (χ1n) is 5.87. The molecule has 0 spiro atoms.